The maximum absolute atomic E-state index is 4.79. The van der Waals surface area contributed by atoms with Gasteiger partial charge in [-0.3, -0.25) is 4.98 Å². The number of pyridine rings is 1. The Hall–Kier alpha value is -1.41. The zero-order chi connectivity index (χ0) is 17.2. The first-order chi connectivity index (χ1) is 10.7. The van der Waals surface area contributed by atoms with Gasteiger partial charge in [0.15, 0.2) is 0 Å². The van der Waals surface area contributed by atoms with E-state index in [1.807, 2.05) is 0 Å². The molecule has 1 nitrogen and oxygen atoms in total. The molecule has 0 aliphatic rings. The zero-order valence-electron chi connectivity index (χ0n) is 15.8. The third-order valence-electron chi connectivity index (χ3n) is 4.30. The standard InChI is InChI=1S/C21H31NSi/c1-15(2)12-19-13-20(22-14-21(19)23(5,6)7)18-10-8-17(9-11-18)16(3)4/h8-11,13-16H,12H2,1-7H3. The summed E-state index contributed by atoms with van der Waals surface area (Å²) in [6, 6.07) is 11.2. The lowest BCUT2D eigenvalue weighted by Gasteiger charge is -2.22. The average molecular weight is 326 g/mol. The minimum absolute atomic E-state index is 0.572. The molecule has 124 valence electrons. The molecule has 0 atom stereocenters. The fourth-order valence-electron chi connectivity index (χ4n) is 2.98. The summed E-state index contributed by atoms with van der Waals surface area (Å²) < 4.78 is 0. The Morgan fingerprint density at radius 2 is 1.57 bits per heavy atom. The number of hydrogen-bond donors (Lipinski definition) is 0. The highest BCUT2D eigenvalue weighted by Crippen LogP contribution is 2.23. The quantitative estimate of drug-likeness (QED) is 0.651. The van der Waals surface area contributed by atoms with E-state index in [2.05, 4.69) is 83.9 Å². The average Bonchev–Trinajstić information content (AvgIpc) is 2.45. The molecular formula is C21H31NSi. The van der Waals surface area contributed by atoms with E-state index in [-0.39, 0.29) is 0 Å². The Labute approximate surface area is 143 Å². The second kappa shape index (κ2) is 7.00. The van der Waals surface area contributed by atoms with Gasteiger partial charge in [0.2, 0.25) is 0 Å². The van der Waals surface area contributed by atoms with Crippen LogP contribution in [0.25, 0.3) is 11.3 Å². The third-order valence-corrected chi connectivity index (χ3v) is 6.37. The van der Waals surface area contributed by atoms with E-state index >= 15 is 0 Å². The van der Waals surface area contributed by atoms with Crippen molar-refractivity contribution < 1.29 is 0 Å². The van der Waals surface area contributed by atoms with E-state index in [9.17, 15) is 0 Å². The van der Waals surface area contributed by atoms with Crippen LogP contribution in [0, 0.1) is 5.92 Å². The molecule has 0 fully saturated rings. The minimum atomic E-state index is -1.35. The van der Waals surface area contributed by atoms with Crippen molar-refractivity contribution in [1.82, 2.24) is 4.98 Å². The van der Waals surface area contributed by atoms with Crippen molar-refractivity contribution >= 4 is 13.3 Å². The topological polar surface area (TPSA) is 12.9 Å². The lowest BCUT2D eigenvalue weighted by molar-refractivity contribution is 0.649. The molecule has 0 aliphatic heterocycles. The van der Waals surface area contributed by atoms with Crippen LogP contribution < -0.4 is 5.19 Å². The van der Waals surface area contributed by atoms with Gasteiger partial charge < -0.3 is 0 Å². The van der Waals surface area contributed by atoms with E-state index in [4.69, 9.17) is 4.98 Å². The first-order valence-corrected chi connectivity index (χ1v) is 12.3. The number of aromatic nitrogens is 1. The van der Waals surface area contributed by atoms with E-state index < -0.39 is 8.07 Å². The predicted octanol–water partition coefficient (Wildman–Crippen LogP) is 5.62. The number of nitrogens with zero attached hydrogens (tertiary/aromatic N) is 1. The predicted molar refractivity (Wildman–Crippen MR) is 105 cm³/mol. The largest absolute Gasteiger partial charge is 0.256 e. The molecule has 0 amide bonds. The molecule has 0 unspecified atom stereocenters. The summed E-state index contributed by atoms with van der Waals surface area (Å²) in [5, 5.41) is 1.51. The van der Waals surface area contributed by atoms with Gasteiger partial charge in [-0.05, 0) is 40.6 Å². The number of hydrogen-bond acceptors (Lipinski definition) is 1. The lowest BCUT2D eigenvalue weighted by Crippen LogP contribution is -2.40. The normalized spacial score (nSPS) is 12.2. The summed E-state index contributed by atoms with van der Waals surface area (Å²) in [5.74, 6) is 1.24. The van der Waals surface area contributed by atoms with Gasteiger partial charge in [-0.2, -0.15) is 0 Å². The van der Waals surface area contributed by atoms with Gasteiger partial charge >= 0.3 is 0 Å². The second-order valence-electron chi connectivity index (χ2n) is 8.35. The van der Waals surface area contributed by atoms with Crippen LogP contribution in [-0.4, -0.2) is 13.1 Å². The molecule has 0 radical (unpaired) electrons. The number of rotatable bonds is 5. The smallest absolute Gasteiger partial charge is 0.0799 e. The molecule has 0 spiro atoms. The molecule has 0 bridgehead atoms. The summed E-state index contributed by atoms with van der Waals surface area (Å²) in [5.41, 5.74) is 5.21. The SMILES string of the molecule is CC(C)Cc1cc(-c2ccc(C(C)C)cc2)ncc1[Si](C)(C)C. The van der Waals surface area contributed by atoms with Gasteiger partial charge in [0.05, 0.1) is 13.8 Å². The van der Waals surface area contributed by atoms with Gasteiger partial charge in [-0.1, -0.05) is 71.6 Å². The van der Waals surface area contributed by atoms with Crippen LogP contribution in [0.15, 0.2) is 36.5 Å². The van der Waals surface area contributed by atoms with Crippen LogP contribution in [-0.2, 0) is 6.42 Å². The highest BCUT2D eigenvalue weighted by atomic mass is 28.3. The Morgan fingerprint density at radius 1 is 0.957 bits per heavy atom. The summed E-state index contributed by atoms with van der Waals surface area (Å²) in [6.07, 6.45) is 3.29. The highest BCUT2D eigenvalue weighted by Gasteiger charge is 2.21. The summed E-state index contributed by atoms with van der Waals surface area (Å²) in [7, 11) is -1.35. The van der Waals surface area contributed by atoms with Crippen LogP contribution in [0.4, 0.5) is 0 Å². The first-order valence-electron chi connectivity index (χ1n) is 8.78. The summed E-state index contributed by atoms with van der Waals surface area (Å²) in [4.78, 5) is 4.79. The van der Waals surface area contributed by atoms with Gasteiger partial charge in [0.1, 0.15) is 0 Å². The van der Waals surface area contributed by atoms with Crippen LogP contribution >= 0.6 is 0 Å². The van der Waals surface area contributed by atoms with Crippen LogP contribution in [0.5, 0.6) is 0 Å². The molecule has 0 N–H and O–H groups in total. The molecule has 0 saturated heterocycles. The van der Waals surface area contributed by atoms with Crippen molar-refractivity contribution in [3.8, 4) is 11.3 Å². The maximum atomic E-state index is 4.79. The molecule has 2 aromatic rings. The molecule has 2 heteroatoms. The Morgan fingerprint density at radius 3 is 2.04 bits per heavy atom. The maximum Gasteiger partial charge on any atom is 0.0799 e. The Balaban J connectivity index is 2.43. The van der Waals surface area contributed by atoms with E-state index in [0.717, 1.165) is 12.1 Å². The molecule has 23 heavy (non-hydrogen) atoms. The second-order valence-corrected chi connectivity index (χ2v) is 13.4. The van der Waals surface area contributed by atoms with Crippen molar-refractivity contribution in [3.05, 3.63) is 47.7 Å². The third kappa shape index (κ3) is 4.54. The minimum Gasteiger partial charge on any atom is -0.256 e. The van der Waals surface area contributed by atoms with Crippen molar-refractivity contribution in [2.75, 3.05) is 0 Å². The summed E-state index contributed by atoms with van der Waals surface area (Å²) >= 11 is 0. The van der Waals surface area contributed by atoms with Crippen molar-refractivity contribution in [3.63, 3.8) is 0 Å². The van der Waals surface area contributed by atoms with E-state index in [0.29, 0.717) is 11.8 Å². The molecule has 1 heterocycles. The van der Waals surface area contributed by atoms with Crippen molar-refractivity contribution in [1.29, 1.82) is 0 Å². The van der Waals surface area contributed by atoms with E-state index in [1.54, 1.807) is 0 Å². The van der Waals surface area contributed by atoms with Crippen LogP contribution in [0.3, 0.4) is 0 Å². The molecule has 2 rings (SSSR count). The fraction of sp³-hybridized carbons (Fsp3) is 0.476. The van der Waals surface area contributed by atoms with Crippen LogP contribution in [0.2, 0.25) is 19.6 Å². The van der Waals surface area contributed by atoms with Gasteiger partial charge in [-0.25, -0.2) is 0 Å². The monoisotopic (exact) mass is 325 g/mol. The fourth-order valence-corrected chi connectivity index (χ4v) is 4.57. The van der Waals surface area contributed by atoms with Crippen molar-refractivity contribution in [2.24, 2.45) is 5.92 Å². The van der Waals surface area contributed by atoms with Gasteiger partial charge in [0.25, 0.3) is 0 Å². The lowest BCUT2D eigenvalue weighted by atomic mass is 9.99. The van der Waals surface area contributed by atoms with Gasteiger partial charge in [-0.15, -0.1) is 0 Å². The molecular weight excluding hydrogens is 294 g/mol. The number of benzene rings is 1. The first kappa shape index (κ1) is 17.9. The Bertz CT molecular complexity index is 649. The summed E-state index contributed by atoms with van der Waals surface area (Å²) in [6.45, 7) is 16.3. The molecule has 0 saturated carbocycles. The zero-order valence-corrected chi connectivity index (χ0v) is 16.8. The molecule has 1 aromatic carbocycles. The van der Waals surface area contributed by atoms with Crippen molar-refractivity contribution in [2.45, 2.75) is 59.7 Å². The van der Waals surface area contributed by atoms with Crippen LogP contribution in [0.1, 0.15) is 44.7 Å². The van der Waals surface area contributed by atoms with E-state index in [1.165, 1.54) is 21.9 Å². The highest BCUT2D eigenvalue weighted by molar-refractivity contribution is 6.89. The molecule has 1 aromatic heterocycles. The Kier molecular flexibility index (Phi) is 5.46. The van der Waals surface area contributed by atoms with Gasteiger partial charge in [0, 0.05) is 11.8 Å². The molecule has 0 aliphatic carbocycles.